The smallest absolute Gasteiger partial charge is 0.0706 e. The minimum atomic E-state index is -0.125. The standard InChI is InChI=1S/C21H22N2/c1-16-12-14-19(15-13-16)23-21(18-10-6-3-7-11-18)20(22)17-8-4-2-5-9-17/h2-15,20-21,23H,22H2,1H3/t20-,21-/m1/s1. The molecule has 0 saturated carbocycles. The van der Waals surface area contributed by atoms with E-state index in [9.17, 15) is 0 Å². The predicted molar refractivity (Wildman–Crippen MR) is 97.4 cm³/mol. The van der Waals surface area contributed by atoms with Crippen LogP contribution in [0.5, 0.6) is 0 Å². The van der Waals surface area contributed by atoms with Crippen LogP contribution >= 0.6 is 0 Å². The number of nitrogens with two attached hydrogens (primary N) is 1. The topological polar surface area (TPSA) is 38.0 Å². The van der Waals surface area contributed by atoms with Crippen molar-refractivity contribution in [3.63, 3.8) is 0 Å². The van der Waals surface area contributed by atoms with E-state index in [0.717, 1.165) is 11.3 Å². The largest absolute Gasteiger partial charge is 0.376 e. The van der Waals surface area contributed by atoms with Gasteiger partial charge in [-0.25, -0.2) is 0 Å². The maximum absolute atomic E-state index is 6.59. The van der Waals surface area contributed by atoms with Crippen molar-refractivity contribution >= 4 is 5.69 Å². The third kappa shape index (κ3) is 3.79. The van der Waals surface area contributed by atoms with Gasteiger partial charge in [0.2, 0.25) is 0 Å². The van der Waals surface area contributed by atoms with E-state index in [0.29, 0.717) is 0 Å². The van der Waals surface area contributed by atoms with Gasteiger partial charge < -0.3 is 11.1 Å². The molecular formula is C21H22N2. The lowest BCUT2D eigenvalue weighted by molar-refractivity contribution is 0.610. The molecule has 0 aliphatic heterocycles. The summed E-state index contributed by atoms with van der Waals surface area (Å²) in [5, 5.41) is 3.60. The molecule has 0 unspecified atom stereocenters. The molecule has 0 fully saturated rings. The first-order valence-corrected chi connectivity index (χ1v) is 7.93. The Morgan fingerprint density at radius 3 is 1.78 bits per heavy atom. The Labute approximate surface area is 138 Å². The Bertz CT molecular complexity index is 721. The average Bonchev–Trinajstić information content (AvgIpc) is 2.62. The molecule has 0 aliphatic rings. The molecule has 0 amide bonds. The molecule has 0 heterocycles. The lowest BCUT2D eigenvalue weighted by Gasteiger charge is -2.27. The predicted octanol–water partition coefficient (Wildman–Crippen LogP) is 4.85. The fourth-order valence-corrected chi connectivity index (χ4v) is 2.74. The highest BCUT2D eigenvalue weighted by molar-refractivity contribution is 5.48. The van der Waals surface area contributed by atoms with E-state index in [4.69, 9.17) is 5.73 Å². The summed E-state index contributed by atoms with van der Waals surface area (Å²) in [6.45, 7) is 2.09. The minimum absolute atomic E-state index is 0.0151. The molecule has 0 radical (unpaired) electrons. The summed E-state index contributed by atoms with van der Waals surface area (Å²) in [4.78, 5) is 0. The maximum atomic E-state index is 6.59. The summed E-state index contributed by atoms with van der Waals surface area (Å²) < 4.78 is 0. The van der Waals surface area contributed by atoms with Gasteiger partial charge in [-0.3, -0.25) is 0 Å². The van der Waals surface area contributed by atoms with Crippen LogP contribution in [0.25, 0.3) is 0 Å². The van der Waals surface area contributed by atoms with Gasteiger partial charge >= 0.3 is 0 Å². The fourth-order valence-electron chi connectivity index (χ4n) is 2.74. The molecule has 0 saturated heterocycles. The highest BCUT2D eigenvalue weighted by Gasteiger charge is 2.21. The fraction of sp³-hybridized carbons (Fsp3) is 0.143. The Hall–Kier alpha value is -2.58. The van der Waals surface area contributed by atoms with Crippen molar-refractivity contribution in [3.8, 4) is 0 Å². The second kappa shape index (κ2) is 7.12. The van der Waals surface area contributed by atoms with Crippen LogP contribution in [0.2, 0.25) is 0 Å². The number of hydrogen-bond acceptors (Lipinski definition) is 2. The van der Waals surface area contributed by atoms with Crippen molar-refractivity contribution in [2.45, 2.75) is 19.0 Å². The lowest BCUT2D eigenvalue weighted by atomic mass is 9.94. The Kier molecular flexibility index (Phi) is 4.74. The van der Waals surface area contributed by atoms with Gasteiger partial charge in [0.1, 0.15) is 0 Å². The molecule has 0 aliphatic carbocycles. The van der Waals surface area contributed by atoms with Gasteiger partial charge in [-0.1, -0.05) is 78.4 Å². The third-order valence-corrected chi connectivity index (χ3v) is 4.08. The summed E-state index contributed by atoms with van der Waals surface area (Å²) >= 11 is 0. The second-order valence-electron chi connectivity index (χ2n) is 5.84. The van der Waals surface area contributed by atoms with E-state index in [1.165, 1.54) is 11.1 Å². The molecule has 3 rings (SSSR count). The number of rotatable bonds is 5. The zero-order valence-electron chi connectivity index (χ0n) is 13.3. The highest BCUT2D eigenvalue weighted by Crippen LogP contribution is 2.30. The maximum Gasteiger partial charge on any atom is 0.0706 e. The van der Waals surface area contributed by atoms with Crippen molar-refractivity contribution in [3.05, 3.63) is 102 Å². The van der Waals surface area contributed by atoms with Crippen LogP contribution in [0.4, 0.5) is 5.69 Å². The van der Waals surface area contributed by atoms with Gasteiger partial charge in [0, 0.05) is 5.69 Å². The van der Waals surface area contributed by atoms with E-state index in [1.807, 2.05) is 24.3 Å². The molecular weight excluding hydrogens is 280 g/mol. The lowest BCUT2D eigenvalue weighted by Crippen LogP contribution is -2.26. The van der Waals surface area contributed by atoms with E-state index in [1.54, 1.807) is 0 Å². The normalized spacial score (nSPS) is 13.3. The SMILES string of the molecule is Cc1ccc(N[C@H](c2ccccc2)[C@H](N)c2ccccc2)cc1. The molecule has 2 atom stereocenters. The van der Waals surface area contributed by atoms with Gasteiger partial charge in [-0.2, -0.15) is 0 Å². The van der Waals surface area contributed by atoms with E-state index < -0.39 is 0 Å². The first-order chi connectivity index (χ1) is 11.2. The number of aryl methyl sites for hydroxylation is 1. The number of anilines is 1. The highest BCUT2D eigenvalue weighted by atomic mass is 15.0. The van der Waals surface area contributed by atoms with Crippen molar-refractivity contribution in [1.82, 2.24) is 0 Å². The van der Waals surface area contributed by atoms with Gasteiger partial charge in [0.05, 0.1) is 12.1 Å². The quantitative estimate of drug-likeness (QED) is 0.707. The van der Waals surface area contributed by atoms with Crippen LogP contribution in [-0.2, 0) is 0 Å². The molecule has 0 aromatic heterocycles. The van der Waals surface area contributed by atoms with E-state index in [2.05, 4.69) is 72.9 Å². The van der Waals surface area contributed by atoms with E-state index >= 15 is 0 Å². The Morgan fingerprint density at radius 2 is 1.22 bits per heavy atom. The van der Waals surface area contributed by atoms with Gasteiger partial charge in [-0.15, -0.1) is 0 Å². The Morgan fingerprint density at radius 1 is 0.696 bits per heavy atom. The van der Waals surface area contributed by atoms with Crippen LogP contribution in [0, 0.1) is 6.92 Å². The second-order valence-corrected chi connectivity index (χ2v) is 5.84. The van der Waals surface area contributed by atoms with Crippen LogP contribution in [0.1, 0.15) is 28.8 Å². The summed E-state index contributed by atoms with van der Waals surface area (Å²) in [7, 11) is 0. The molecule has 116 valence electrons. The first kappa shape index (κ1) is 15.3. The van der Waals surface area contributed by atoms with Crippen molar-refractivity contribution < 1.29 is 0 Å². The molecule has 3 aromatic carbocycles. The first-order valence-electron chi connectivity index (χ1n) is 7.93. The van der Waals surface area contributed by atoms with Crippen LogP contribution < -0.4 is 11.1 Å². The summed E-state index contributed by atoms with van der Waals surface area (Å²) in [5.41, 5.74) is 11.2. The number of nitrogens with one attached hydrogen (secondary N) is 1. The van der Waals surface area contributed by atoms with Crippen molar-refractivity contribution in [2.75, 3.05) is 5.32 Å². The van der Waals surface area contributed by atoms with Gasteiger partial charge in [-0.05, 0) is 30.2 Å². The molecule has 3 aromatic rings. The zero-order chi connectivity index (χ0) is 16.1. The van der Waals surface area contributed by atoms with Crippen molar-refractivity contribution in [2.24, 2.45) is 5.73 Å². The number of hydrogen-bond donors (Lipinski definition) is 2. The molecule has 0 bridgehead atoms. The van der Waals surface area contributed by atoms with Gasteiger partial charge in [0.15, 0.2) is 0 Å². The molecule has 0 spiro atoms. The summed E-state index contributed by atoms with van der Waals surface area (Å²) in [6, 6.07) is 28.9. The number of benzene rings is 3. The summed E-state index contributed by atoms with van der Waals surface area (Å²) in [5.74, 6) is 0. The summed E-state index contributed by atoms with van der Waals surface area (Å²) in [6.07, 6.45) is 0. The monoisotopic (exact) mass is 302 g/mol. The van der Waals surface area contributed by atoms with E-state index in [-0.39, 0.29) is 12.1 Å². The van der Waals surface area contributed by atoms with Crippen LogP contribution in [0.3, 0.4) is 0 Å². The molecule has 3 N–H and O–H groups in total. The van der Waals surface area contributed by atoms with Gasteiger partial charge in [0.25, 0.3) is 0 Å². The molecule has 2 nitrogen and oxygen atoms in total. The molecule has 23 heavy (non-hydrogen) atoms. The Balaban J connectivity index is 1.92. The zero-order valence-corrected chi connectivity index (χ0v) is 13.3. The van der Waals surface area contributed by atoms with Crippen LogP contribution in [-0.4, -0.2) is 0 Å². The van der Waals surface area contributed by atoms with Crippen molar-refractivity contribution in [1.29, 1.82) is 0 Å². The molecule has 2 heteroatoms. The minimum Gasteiger partial charge on any atom is -0.376 e. The average molecular weight is 302 g/mol. The third-order valence-electron chi connectivity index (χ3n) is 4.08. The van der Waals surface area contributed by atoms with Crippen LogP contribution in [0.15, 0.2) is 84.9 Å².